The van der Waals surface area contributed by atoms with Gasteiger partial charge < -0.3 is 18.6 Å². The second-order valence-corrected chi connectivity index (χ2v) is 9.23. The van der Waals surface area contributed by atoms with Crippen LogP contribution < -0.4 is 9.47 Å². The van der Waals surface area contributed by atoms with E-state index in [2.05, 4.69) is 0 Å². The van der Waals surface area contributed by atoms with Crippen LogP contribution in [0.25, 0.3) is 33.7 Å². The normalized spacial score (nSPS) is 17.5. The molecule has 0 radical (unpaired) electrons. The predicted molar refractivity (Wildman–Crippen MR) is 136 cm³/mol. The van der Waals surface area contributed by atoms with Gasteiger partial charge in [0.2, 0.25) is 11.8 Å². The molecular formula is C29H24F6N2O2. The summed E-state index contributed by atoms with van der Waals surface area (Å²) in [6.45, 7) is 0. The Bertz CT molecular complexity index is 1450. The molecule has 1 aliphatic rings. The molecule has 0 atom stereocenters. The monoisotopic (exact) mass is 546 g/mol. The van der Waals surface area contributed by atoms with E-state index in [1.54, 1.807) is 60.7 Å². The molecule has 4 nitrogen and oxygen atoms in total. The molecule has 2 aromatic heterocycles. The van der Waals surface area contributed by atoms with E-state index in [0.717, 1.165) is 14.2 Å². The lowest BCUT2D eigenvalue weighted by Gasteiger charge is -2.25. The molecule has 0 amide bonds. The highest BCUT2D eigenvalue weighted by Crippen LogP contribution is 2.66. The fourth-order valence-corrected chi connectivity index (χ4v) is 5.23. The molecule has 2 aromatic carbocycles. The second kappa shape index (κ2) is 9.00. The Kier molecular flexibility index (Phi) is 6.12. The van der Waals surface area contributed by atoms with E-state index < -0.39 is 40.0 Å². The maximum Gasteiger partial charge on any atom is 0.380 e. The Morgan fingerprint density at radius 3 is 1.21 bits per heavy atom. The number of allylic oxidation sites excluding steroid dienone is 2. The number of rotatable bonds is 6. The SMILES string of the molecule is COc1c(C2=C(c3cc(-c4ccccc4)n(C)c3OC)C(F)(F)C(F)(F)C2(F)F)cc(-c2ccccc2)n1C. The van der Waals surface area contributed by atoms with Crippen molar-refractivity contribution < 1.29 is 35.8 Å². The zero-order valence-corrected chi connectivity index (χ0v) is 21.4. The van der Waals surface area contributed by atoms with Crippen LogP contribution in [0, 0.1) is 0 Å². The number of hydrogen-bond donors (Lipinski definition) is 0. The molecule has 0 aliphatic heterocycles. The predicted octanol–water partition coefficient (Wildman–Crippen LogP) is 7.55. The maximum absolute atomic E-state index is 15.6. The number of alkyl halides is 6. The minimum Gasteiger partial charge on any atom is -0.482 e. The summed E-state index contributed by atoms with van der Waals surface area (Å²) in [5.41, 5.74) is -2.44. The molecule has 4 aromatic rings. The van der Waals surface area contributed by atoms with E-state index in [0.29, 0.717) is 22.5 Å². The van der Waals surface area contributed by atoms with Gasteiger partial charge in [-0.2, -0.15) is 26.3 Å². The van der Waals surface area contributed by atoms with Crippen molar-refractivity contribution >= 4 is 11.1 Å². The molecule has 0 saturated heterocycles. The lowest BCUT2D eigenvalue weighted by molar-refractivity contribution is -0.254. The van der Waals surface area contributed by atoms with Gasteiger partial charge in [0.05, 0.1) is 36.8 Å². The van der Waals surface area contributed by atoms with E-state index in [1.165, 1.54) is 35.4 Å². The third kappa shape index (κ3) is 3.60. The third-order valence-corrected chi connectivity index (χ3v) is 7.09. The number of ether oxygens (including phenoxy) is 2. The van der Waals surface area contributed by atoms with E-state index in [4.69, 9.17) is 9.47 Å². The largest absolute Gasteiger partial charge is 0.482 e. The minimum absolute atomic E-state index is 0.271. The molecule has 204 valence electrons. The smallest absolute Gasteiger partial charge is 0.380 e. The summed E-state index contributed by atoms with van der Waals surface area (Å²) in [5.74, 6) is -16.8. The summed E-state index contributed by atoms with van der Waals surface area (Å²) in [5, 5.41) is 0. The van der Waals surface area contributed by atoms with Crippen molar-refractivity contribution in [1.82, 2.24) is 9.13 Å². The van der Waals surface area contributed by atoms with Gasteiger partial charge in [-0.3, -0.25) is 0 Å². The molecule has 2 heterocycles. The molecule has 0 saturated carbocycles. The van der Waals surface area contributed by atoms with Crippen LogP contribution in [0.1, 0.15) is 11.1 Å². The first-order valence-electron chi connectivity index (χ1n) is 11.9. The van der Waals surface area contributed by atoms with Crippen LogP contribution in [0.3, 0.4) is 0 Å². The molecule has 5 rings (SSSR count). The van der Waals surface area contributed by atoms with Crippen molar-refractivity contribution in [3.8, 4) is 34.3 Å². The minimum atomic E-state index is -5.73. The van der Waals surface area contributed by atoms with Crippen LogP contribution in [0.15, 0.2) is 72.8 Å². The van der Waals surface area contributed by atoms with Gasteiger partial charge in [-0.1, -0.05) is 60.7 Å². The first-order chi connectivity index (χ1) is 18.4. The van der Waals surface area contributed by atoms with Crippen molar-refractivity contribution in [1.29, 1.82) is 0 Å². The molecule has 0 spiro atoms. The number of hydrogen-bond acceptors (Lipinski definition) is 2. The number of methoxy groups -OCH3 is 2. The summed E-state index contributed by atoms with van der Waals surface area (Å²) in [7, 11) is 5.28. The molecule has 39 heavy (non-hydrogen) atoms. The molecule has 0 unspecified atom stereocenters. The number of nitrogens with zero attached hydrogens (tertiary/aromatic N) is 2. The summed E-state index contributed by atoms with van der Waals surface area (Å²) >= 11 is 0. The third-order valence-electron chi connectivity index (χ3n) is 7.09. The van der Waals surface area contributed by atoms with Crippen LogP contribution in [-0.2, 0) is 14.1 Å². The van der Waals surface area contributed by atoms with Crippen molar-refractivity contribution in [3.05, 3.63) is 83.9 Å². The molecule has 1 aliphatic carbocycles. The number of benzene rings is 2. The van der Waals surface area contributed by atoms with Crippen LogP contribution in [-0.4, -0.2) is 41.1 Å². The fraction of sp³-hybridized carbons (Fsp3) is 0.241. The van der Waals surface area contributed by atoms with Gasteiger partial charge in [-0.05, 0) is 23.3 Å². The standard InChI is InChI=1S/C29H24F6N2O2/c1-36-21(17-11-7-5-8-12-17)15-19(25(36)38-3)23-24(28(32,33)29(34,35)27(23,30)31)20-16-22(37(2)26(20)39-4)18-13-9-6-10-14-18/h5-16H,1-4H3. The van der Waals surface area contributed by atoms with E-state index in [9.17, 15) is 0 Å². The zero-order valence-electron chi connectivity index (χ0n) is 21.4. The zero-order chi connectivity index (χ0) is 28.3. The highest BCUT2D eigenvalue weighted by atomic mass is 19.3. The van der Waals surface area contributed by atoms with Crippen LogP contribution >= 0.6 is 0 Å². The topological polar surface area (TPSA) is 28.3 Å². The average molecular weight is 547 g/mol. The Balaban J connectivity index is 1.89. The van der Waals surface area contributed by atoms with Gasteiger partial charge in [0.1, 0.15) is 0 Å². The quantitative estimate of drug-likeness (QED) is 0.234. The first kappa shape index (κ1) is 26.5. The van der Waals surface area contributed by atoms with Crippen molar-refractivity contribution in [2.45, 2.75) is 17.8 Å². The average Bonchev–Trinajstić information content (AvgIpc) is 3.45. The summed E-state index contributed by atoms with van der Waals surface area (Å²) < 4.78 is 106. The Labute approximate surface area is 220 Å². The van der Waals surface area contributed by atoms with Crippen molar-refractivity contribution in [2.75, 3.05) is 14.2 Å². The van der Waals surface area contributed by atoms with Gasteiger partial charge >= 0.3 is 17.8 Å². The van der Waals surface area contributed by atoms with E-state index >= 15 is 26.3 Å². The lowest BCUT2D eigenvalue weighted by atomic mass is 9.96. The molecule has 0 fully saturated rings. The molecule has 0 bridgehead atoms. The Hall–Kier alpha value is -4.08. The maximum atomic E-state index is 15.6. The summed E-state index contributed by atoms with van der Waals surface area (Å²) in [6.07, 6.45) is 0. The lowest BCUT2D eigenvalue weighted by Crippen LogP contribution is -2.48. The fourth-order valence-electron chi connectivity index (χ4n) is 5.23. The molecular weight excluding hydrogens is 522 g/mol. The second-order valence-electron chi connectivity index (χ2n) is 9.23. The molecule has 0 N–H and O–H groups in total. The van der Waals surface area contributed by atoms with Gasteiger partial charge in [0.15, 0.2) is 0 Å². The van der Waals surface area contributed by atoms with Gasteiger partial charge in [-0.25, -0.2) is 0 Å². The number of aromatic nitrogens is 2. The van der Waals surface area contributed by atoms with Gasteiger partial charge in [-0.15, -0.1) is 0 Å². The van der Waals surface area contributed by atoms with Crippen molar-refractivity contribution in [3.63, 3.8) is 0 Å². The van der Waals surface area contributed by atoms with Crippen molar-refractivity contribution in [2.24, 2.45) is 14.1 Å². The van der Waals surface area contributed by atoms with Crippen LogP contribution in [0.5, 0.6) is 11.8 Å². The number of halogens is 6. The van der Waals surface area contributed by atoms with E-state index in [1.807, 2.05) is 0 Å². The Morgan fingerprint density at radius 1 is 0.564 bits per heavy atom. The van der Waals surface area contributed by atoms with E-state index in [-0.39, 0.29) is 11.8 Å². The first-order valence-corrected chi connectivity index (χ1v) is 11.9. The van der Waals surface area contributed by atoms with Crippen LogP contribution in [0.2, 0.25) is 0 Å². The highest BCUT2D eigenvalue weighted by molar-refractivity contribution is 6.04. The molecule has 10 heteroatoms. The highest BCUT2D eigenvalue weighted by Gasteiger charge is 2.81. The van der Waals surface area contributed by atoms with Gasteiger partial charge in [0, 0.05) is 25.2 Å². The summed E-state index contributed by atoms with van der Waals surface area (Å²) in [4.78, 5) is 0. The Morgan fingerprint density at radius 2 is 0.897 bits per heavy atom. The van der Waals surface area contributed by atoms with Gasteiger partial charge in [0.25, 0.3) is 0 Å². The summed E-state index contributed by atoms with van der Waals surface area (Å²) in [6, 6.07) is 19.3. The van der Waals surface area contributed by atoms with Crippen LogP contribution in [0.4, 0.5) is 26.3 Å².